The summed E-state index contributed by atoms with van der Waals surface area (Å²) >= 11 is 0. The van der Waals surface area contributed by atoms with Gasteiger partial charge in [-0.3, -0.25) is 0 Å². The number of aromatic nitrogens is 1. The number of benzene rings is 1. The molecule has 1 aromatic heterocycles. The number of rotatable bonds is 5. The van der Waals surface area contributed by atoms with Gasteiger partial charge in [-0.2, -0.15) is 0 Å². The topological polar surface area (TPSA) is 72.5 Å². The van der Waals surface area contributed by atoms with Crippen molar-refractivity contribution < 1.29 is 18.7 Å². The maximum atomic E-state index is 13.2. The molecule has 1 aliphatic rings. The van der Waals surface area contributed by atoms with Gasteiger partial charge in [0.1, 0.15) is 11.5 Å². The number of hydrogen-bond acceptors (Lipinski definition) is 4. The third-order valence-corrected chi connectivity index (χ3v) is 4.07. The Balaban J connectivity index is 1.75. The molecule has 2 heterocycles. The number of nitrogens with one attached hydrogen (secondary N) is 2. The van der Waals surface area contributed by atoms with Crippen molar-refractivity contribution in [2.24, 2.45) is 0 Å². The minimum Gasteiger partial charge on any atom is -0.480 e. The van der Waals surface area contributed by atoms with Gasteiger partial charge >= 0.3 is 6.03 Å². The van der Waals surface area contributed by atoms with Crippen molar-refractivity contribution in [3.8, 4) is 5.88 Å². The van der Waals surface area contributed by atoms with Gasteiger partial charge in [-0.15, -0.1) is 0 Å². The molecule has 2 amide bonds. The lowest BCUT2D eigenvalue weighted by Crippen LogP contribution is -2.38. The van der Waals surface area contributed by atoms with Crippen LogP contribution in [0.2, 0.25) is 0 Å². The van der Waals surface area contributed by atoms with Gasteiger partial charge in [0.05, 0.1) is 19.3 Å². The quantitative estimate of drug-likeness (QED) is 0.872. The molecule has 1 fully saturated rings. The van der Waals surface area contributed by atoms with Crippen LogP contribution in [0, 0.1) is 5.82 Å². The fourth-order valence-electron chi connectivity index (χ4n) is 2.87. The van der Waals surface area contributed by atoms with Crippen LogP contribution in [0.1, 0.15) is 24.4 Å². The van der Waals surface area contributed by atoms with Crippen molar-refractivity contribution in [2.75, 3.05) is 19.0 Å². The Labute approximate surface area is 145 Å². The van der Waals surface area contributed by atoms with E-state index < -0.39 is 6.03 Å². The third-order valence-electron chi connectivity index (χ3n) is 4.07. The maximum Gasteiger partial charge on any atom is 0.319 e. The van der Waals surface area contributed by atoms with Crippen molar-refractivity contribution in [1.82, 2.24) is 10.3 Å². The summed E-state index contributed by atoms with van der Waals surface area (Å²) in [7, 11) is 1.49. The fourth-order valence-corrected chi connectivity index (χ4v) is 2.87. The Morgan fingerprint density at radius 3 is 2.84 bits per heavy atom. The number of hydrogen-bond donors (Lipinski definition) is 2. The summed E-state index contributed by atoms with van der Waals surface area (Å²) in [4.78, 5) is 16.5. The van der Waals surface area contributed by atoms with Gasteiger partial charge in [-0.05, 0) is 42.7 Å². The lowest BCUT2D eigenvalue weighted by atomic mass is 9.99. The molecule has 6 nitrogen and oxygen atoms in total. The molecule has 2 aromatic rings. The summed E-state index contributed by atoms with van der Waals surface area (Å²) in [5, 5.41) is 5.64. The number of ether oxygens (including phenoxy) is 2. The van der Waals surface area contributed by atoms with Gasteiger partial charge in [0.2, 0.25) is 5.88 Å². The van der Waals surface area contributed by atoms with Crippen molar-refractivity contribution in [3.63, 3.8) is 0 Å². The predicted octanol–water partition coefficient (Wildman–Crippen LogP) is 3.27. The maximum absolute atomic E-state index is 13.2. The van der Waals surface area contributed by atoms with Crippen molar-refractivity contribution in [1.29, 1.82) is 0 Å². The smallest absolute Gasteiger partial charge is 0.319 e. The van der Waals surface area contributed by atoms with E-state index in [4.69, 9.17) is 9.47 Å². The Hall–Kier alpha value is -2.67. The zero-order valence-corrected chi connectivity index (χ0v) is 13.9. The van der Waals surface area contributed by atoms with E-state index in [9.17, 15) is 9.18 Å². The lowest BCUT2D eigenvalue weighted by Gasteiger charge is -2.25. The first-order valence-corrected chi connectivity index (χ1v) is 8.11. The average Bonchev–Trinajstić information content (AvgIpc) is 3.15. The molecule has 0 radical (unpaired) electrons. The van der Waals surface area contributed by atoms with E-state index in [-0.39, 0.29) is 18.0 Å². The number of urea groups is 1. The number of methoxy groups -OCH3 is 1. The fraction of sp³-hybridized carbons (Fsp3) is 0.333. The summed E-state index contributed by atoms with van der Waals surface area (Å²) in [6.45, 7) is 0.655. The molecule has 2 N–H and O–H groups in total. The van der Waals surface area contributed by atoms with Crippen LogP contribution in [0.3, 0.4) is 0 Å². The first kappa shape index (κ1) is 17.2. The Kier molecular flexibility index (Phi) is 5.45. The van der Waals surface area contributed by atoms with E-state index in [2.05, 4.69) is 15.6 Å². The highest BCUT2D eigenvalue weighted by Gasteiger charge is 2.29. The van der Waals surface area contributed by atoms with Crippen LogP contribution < -0.4 is 15.4 Å². The molecule has 7 heteroatoms. The van der Waals surface area contributed by atoms with E-state index in [0.717, 1.165) is 18.4 Å². The molecule has 2 atom stereocenters. The average molecular weight is 345 g/mol. The summed E-state index contributed by atoms with van der Waals surface area (Å²) < 4.78 is 24.1. The molecule has 0 unspecified atom stereocenters. The molecule has 1 aliphatic heterocycles. The monoisotopic (exact) mass is 345 g/mol. The van der Waals surface area contributed by atoms with Crippen LogP contribution in [0.4, 0.5) is 14.9 Å². The minimum absolute atomic E-state index is 0.146. The molecule has 0 saturated carbocycles. The Bertz CT molecular complexity index is 718. The zero-order chi connectivity index (χ0) is 17.6. The molecule has 3 rings (SSSR count). The second-order valence-electron chi connectivity index (χ2n) is 5.74. The highest BCUT2D eigenvalue weighted by atomic mass is 19.1. The lowest BCUT2D eigenvalue weighted by molar-refractivity contribution is 0.0815. The zero-order valence-electron chi connectivity index (χ0n) is 13.9. The number of pyridine rings is 1. The molecule has 0 aliphatic carbocycles. The first-order chi connectivity index (χ1) is 12.2. The molecule has 0 spiro atoms. The molecule has 0 bridgehead atoms. The van der Waals surface area contributed by atoms with Crippen LogP contribution >= 0.6 is 0 Å². The van der Waals surface area contributed by atoms with Crippen molar-refractivity contribution in [2.45, 2.75) is 25.0 Å². The largest absolute Gasteiger partial charge is 0.480 e. The molecule has 1 aromatic carbocycles. The number of anilines is 1. The van der Waals surface area contributed by atoms with E-state index >= 15 is 0 Å². The standard InChI is InChI=1S/C18H20FN3O3/c1-24-17-14(4-2-10-20-17)21-18(23)22-16(15-5-3-11-25-15)12-6-8-13(19)9-7-12/h2,4,6-10,15-16H,3,5,11H2,1H3,(H2,21,22,23)/t15-,16-/m1/s1. The van der Waals surface area contributed by atoms with Crippen LogP contribution in [-0.2, 0) is 4.74 Å². The number of amides is 2. The highest BCUT2D eigenvalue weighted by Crippen LogP contribution is 2.27. The molecule has 1 saturated heterocycles. The second kappa shape index (κ2) is 7.94. The summed E-state index contributed by atoms with van der Waals surface area (Å²) in [6.07, 6.45) is 3.20. The van der Waals surface area contributed by atoms with Crippen LogP contribution in [-0.4, -0.2) is 30.8 Å². The van der Waals surface area contributed by atoms with Gasteiger partial charge in [0.25, 0.3) is 0 Å². The van der Waals surface area contributed by atoms with E-state index in [1.54, 1.807) is 30.5 Å². The van der Waals surface area contributed by atoms with Crippen molar-refractivity contribution >= 4 is 11.7 Å². The summed E-state index contributed by atoms with van der Waals surface area (Å²) in [5.74, 6) is 0.00693. The number of halogens is 1. The number of carbonyl (C=O) groups excluding carboxylic acids is 1. The molecular formula is C18H20FN3O3. The Morgan fingerprint density at radius 2 is 2.16 bits per heavy atom. The van der Waals surface area contributed by atoms with Gasteiger partial charge < -0.3 is 20.1 Å². The van der Waals surface area contributed by atoms with Gasteiger partial charge in [0.15, 0.2) is 0 Å². The van der Waals surface area contributed by atoms with Gasteiger partial charge in [-0.1, -0.05) is 12.1 Å². The normalized spacial score (nSPS) is 17.8. The molecular weight excluding hydrogens is 325 g/mol. The number of carbonyl (C=O) groups is 1. The van der Waals surface area contributed by atoms with Crippen LogP contribution in [0.25, 0.3) is 0 Å². The van der Waals surface area contributed by atoms with Crippen molar-refractivity contribution in [3.05, 3.63) is 54.0 Å². The summed E-state index contributed by atoms with van der Waals surface area (Å²) in [6, 6.07) is 8.70. The molecule has 25 heavy (non-hydrogen) atoms. The minimum atomic E-state index is -0.406. The van der Waals surface area contributed by atoms with E-state index in [1.807, 2.05) is 0 Å². The van der Waals surface area contributed by atoms with Gasteiger partial charge in [0, 0.05) is 12.8 Å². The Morgan fingerprint density at radius 1 is 1.36 bits per heavy atom. The summed E-state index contributed by atoms with van der Waals surface area (Å²) in [5.41, 5.74) is 1.26. The molecule has 132 valence electrons. The van der Waals surface area contributed by atoms with E-state index in [0.29, 0.717) is 18.2 Å². The van der Waals surface area contributed by atoms with Crippen LogP contribution in [0.15, 0.2) is 42.6 Å². The first-order valence-electron chi connectivity index (χ1n) is 8.11. The van der Waals surface area contributed by atoms with Crippen LogP contribution in [0.5, 0.6) is 5.88 Å². The highest BCUT2D eigenvalue weighted by molar-refractivity contribution is 5.90. The number of nitrogens with zero attached hydrogens (tertiary/aromatic N) is 1. The third kappa shape index (κ3) is 4.24. The second-order valence-corrected chi connectivity index (χ2v) is 5.74. The van der Waals surface area contributed by atoms with Gasteiger partial charge in [-0.25, -0.2) is 14.2 Å². The predicted molar refractivity (Wildman–Crippen MR) is 91.1 cm³/mol. The van der Waals surface area contributed by atoms with E-state index in [1.165, 1.54) is 19.2 Å². The SMILES string of the molecule is COc1ncccc1NC(=O)N[C@H](c1ccc(F)cc1)[C@H]1CCCO1.